The average Bonchev–Trinajstić information content (AvgIpc) is 2.95. The van der Waals surface area contributed by atoms with E-state index in [9.17, 15) is 18.8 Å². The molecule has 1 aliphatic rings. The van der Waals surface area contributed by atoms with Crippen molar-refractivity contribution in [2.75, 3.05) is 10.2 Å². The van der Waals surface area contributed by atoms with Gasteiger partial charge in [-0.25, -0.2) is 9.29 Å². The quantitative estimate of drug-likeness (QED) is 0.710. The molecular weight excluding hydrogens is 361 g/mol. The van der Waals surface area contributed by atoms with E-state index in [0.717, 1.165) is 4.90 Å². The van der Waals surface area contributed by atoms with E-state index in [4.69, 9.17) is 0 Å². The van der Waals surface area contributed by atoms with Crippen molar-refractivity contribution in [1.29, 1.82) is 0 Å². The highest BCUT2D eigenvalue weighted by Crippen LogP contribution is 2.28. The Bertz CT molecular complexity index is 1060. The van der Waals surface area contributed by atoms with Crippen LogP contribution < -0.4 is 10.2 Å². The summed E-state index contributed by atoms with van der Waals surface area (Å²) in [7, 11) is 0. The summed E-state index contributed by atoms with van der Waals surface area (Å²) in [5.41, 5.74) is 1.81. The molecule has 0 spiro atoms. The Morgan fingerprint density at radius 2 is 1.79 bits per heavy atom. The molecule has 0 saturated heterocycles. The fraction of sp³-hybridized carbons (Fsp3) is 0.0476. The van der Waals surface area contributed by atoms with E-state index < -0.39 is 11.8 Å². The molecule has 3 amide bonds. The zero-order valence-corrected chi connectivity index (χ0v) is 14.6. The van der Waals surface area contributed by atoms with Gasteiger partial charge in [-0.15, -0.1) is 0 Å². The van der Waals surface area contributed by atoms with Crippen molar-refractivity contribution in [3.63, 3.8) is 0 Å². The van der Waals surface area contributed by atoms with Crippen molar-refractivity contribution in [1.82, 2.24) is 4.98 Å². The largest absolute Gasteiger partial charge is 0.326 e. The maximum absolute atomic E-state index is 13.0. The fourth-order valence-corrected chi connectivity index (χ4v) is 3.02. The number of carbonyl (C=O) groups excluding carboxylic acids is 3. The second-order valence-electron chi connectivity index (χ2n) is 6.25. The molecule has 0 fully saturated rings. The van der Waals surface area contributed by atoms with Gasteiger partial charge in [-0.05, 0) is 48.0 Å². The number of rotatable bonds is 4. The van der Waals surface area contributed by atoms with Crippen LogP contribution in [0.3, 0.4) is 0 Å². The van der Waals surface area contributed by atoms with Gasteiger partial charge >= 0.3 is 0 Å². The standard InChI is InChI=1S/C21H14FN3O3/c22-14-8-6-13(7-9-14)11-18(26)24-15-3-1-4-16(12-15)25-20(27)17-5-2-10-23-19(17)21(25)28/h1-10,12H,11H2,(H,24,26). The molecule has 4 rings (SSSR count). The van der Waals surface area contributed by atoms with E-state index in [1.807, 2.05) is 0 Å². The Balaban J connectivity index is 1.52. The minimum Gasteiger partial charge on any atom is -0.326 e. The van der Waals surface area contributed by atoms with E-state index in [1.165, 1.54) is 30.5 Å². The summed E-state index contributed by atoms with van der Waals surface area (Å²) < 4.78 is 13.0. The van der Waals surface area contributed by atoms with Gasteiger partial charge in [0.25, 0.3) is 11.8 Å². The summed E-state index contributed by atoms with van der Waals surface area (Å²) in [4.78, 5) is 42.4. The summed E-state index contributed by atoms with van der Waals surface area (Å²) in [6.07, 6.45) is 1.53. The fourth-order valence-electron chi connectivity index (χ4n) is 3.02. The van der Waals surface area contributed by atoms with Crippen molar-refractivity contribution in [3.8, 4) is 0 Å². The maximum atomic E-state index is 13.0. The van der Waals surface area contributed by atoms with Gasteiger partial charge in [0, 0.05) is 11.9 Å². The van der Waals surface area contributed by atoms with Crippen LogP contribution in [0.15, 0.2) is 66.9 Å². The van der Waals surface area contributed by atoms with E-state index in [1.54, 1.807) is 36.4 Å². The minimum absolute atomic E-state index is 0.0709. The summed E-state index contributed by atoms with van der Waals surface area (Å²) >= 11 is 0. The zero-order valence-electron chi connectivity index (χ0n) is 14.6. The molecule has 0 radical (unpaired) electrons. The Morgan fingerprint density at radius 3 is 2.54 bits per heavy atom. The molecule has 0 aliphatic carbocycles. The van der Waals surface area contributed by atoms with Crippen molar-refractivity contribution in [2.24, 2.45) is 0 Å². The molecule has 2 aromatic carbocycles. The van der Waals surface area contributed by atoms with Crippen LogP contribution in [0.4, 0.5) is 15.8 Å². The number of hydrogen-bond donors (Lipinski definition) is 1. The van der Waals surface area contributed by atoms with Gasteiger partial charge in [0.05, 0.1) is 17.7 Å². The first-order valence-electron chi connectivity index (χ1n) is 8.51. The highest BCUT2D eigenvalue weighted by molar-refractivity contribution is 6.33. The maximum Gasteiger partial charge on any atom is 0.284 e. The number of halogens is 1. The highest BCUT2D eigenvalue weighted by Gasteiger charge is 2.37. The number of imide groups is 1. The second kappa shape index (κ2) is 7.03. The van der Waals surface area contributed by atoms with E-state index in [0.29, 0.717) is 16.9 Å². The Morgan fingerprint density at radius 1 is 1.00 bits per heavy atom. The third-order valence-electron chi connectivity index (χ3n) is 4.31. The van der Waals surface area contributed by atoms with Gasteiger partial charge in [0.1, 0.15) is 11.5 Å². The molecule has 0 unspecified atom stereocenters. The minimum atomic E-state index is -0.504. The molecular formula is C21H14FN3O3. The number of anilines is 2. The normalized spacial score (nSPS) is 12.8. The van der Waals surface area contributed by atoms with Gasteiger partial charge in [0.2, 0.25) is 5.91 Å². The van der Waals surface area contributed by atoms with Crippen LogP contribution >= 0.6 is 0 Å². The molecule has 1 N–H and O–H groups in total. The first-order valence-corrected chi connectivity index (χ1v) is 8.51. The van der Waals surface area contributed by atoms with Crippen LogP contribution in [-0.2, 0) is 11.2 Å². The predicted octanol–water partition coefficient (Wildman–Crippen LogP) is 3.20. The number of fused-ring (bicyclic) bond motifs is 1. The number of aromatic nitrogens is 1. The van der Waals surface area contributed by atoms with E-state index in [2.05, 4.69) is 10.3 Å². The SMILES string of the molecule is O=C(Cc1ccc(F)cc1)Nc1cccc(N2C(=O)c3cccnc3C2=O)c1. The lowest BCUT2D eigenvalue weighted by Gasteiger charge is -2.15. The molecule has 138 valence electrons. The third-order valence-corrected chi connectivity index (χ3v) is 4.31. The van der Waals surface area contributed by atoms with Gasteiger partial charge in [-0.1, -0.05) is 18.2 Å². The zero-order chi connectivity index (χ0) is 19.7. The summed E-state index contributed by atoms with van der Waals surface area (Å²) in [5, 5.41) is 2.72. The predicted molar refractivity (Wildman–Crippen MR) is 101 cm³/mol. The van der Waals surface area contributed by atoms with Crippen LogP contribution in [0.5, 0.6) is 0 Å². The lowest BCUT2D eigenvalue weighted by molar-refractivity contribution is -0.115. The first kappa shape index (κ1) is 17.5. The first-order chi connectivity index (χ1) is 13.5. The summed E-state index contributed by atoms with van der Waals surface area (Å²) in [6, 6.07) is 15.3. The summed E-state index contributed by atoms with van der Waals surface area (Å²) in [6.45, 7) is 0. The van der Waals surface area contributed by atoms with E-state index in [-0.39, 0.29) is 29.4 Å². The summed E-state index contributed by atoms with van der Waals surface area (Å²) in [5.74, 6) is -1.63. The van der Waals surface area contributed by atoms with Gasteiger partial charge in [-0.2, -0.15) is 0 Å². The molecule has 6 nitrogen and oxygen atoms in total. The number of amides is 3. The lowest BCUT2D eigenvalue weighted by Crippen LogP contribution is -2.29. The second-order valence-corrected chi connectivity index (χ2v) is 6.25. The van der Waals surface area contributed by atoms with Gasteiger partial charge < -0.3 is 5.32 Å². The molecule has 3 aromatic rings. The molecule has 1 aliphatic heterocycles. The van der Waals surface area contributed by atoms with Crippen molar-refractivity contribution < 1.29 is 18.8 Å². The molecule has 28 heavy (non-hydrogen) atoms. The van der Waals surface area contributed by atoms with Crippen LogP contribution in [0.25, 0.3) is 0 Å². The number of carbonyl (C=O) groups is 3. The van der Waals surface area contributed by atoms with Gasteiger partial charge in [-0.3, -0.25) is 19.4 Å². The van der Waals surface area contributed by atoms with Crippen LogP contribution in [0.2, 0.25) is 0 Å². The molecule has 2 heterocycles. The number of benzene rings is 2. The van der Waals surface area contributed by atoms with Crippen molar-refractivity contribution in [2.45, 2.75) is 6.42 Å². The van der Waals surface area contributed by atoms with Gasteiger partial charge in [0.15, 0.2) is 0 Å². The van der Waals surface area contributed by atoms with Crippen LogP contribution in [-0.4, -0.2) is 22.7 Å². The van der Waals surface area contributed by atoms with Crippen LogP contribution in [0, 0.1) is 5.82 Å². The van der Waals surface area contributed by atoms with Crippen molar-refractivity contribution >= 4 is 29.1 Å². The third kappa shape index (κ3) is 3.25. The smallest absolute Gasteiger partial charge is 0.284 e. The molecule has 0 atom stereocenters. The number of pyridine rings is 1. The van der Waals surface area contributed by atoms with Crippen LogP contribution in [0.1, 0.15) is 26.4 Å². The van der Waals surface area contributed by atoms with E-state index >= 15 is 0 Å². The Hall–Kier alpha value is -3.87. The number of nitrogens with one attached hydrogen (secondary N) is 1. The Labute approximate surface area is 159 Å². The number of nitrogens with zero attached hydrogens (tertiary/aromatic N) is 2. The average molecular weight is 375 g/mol. The van der Waals surface area contributed by atoms with Crippen molar-refractivity contribution in [3.05, 3.63) is 89.5 Å². The molecule has 7 heteroatoms. The topological polar surface area (TPSA) is 79.4 Å². The lowest BCUT2D eigenvalue weighted by atomic mass is 10.1. The highest BCUT2D eigenvalue weighted by atomic mass is 19.1. The molecule has 0 bridgehead atoms. The monoisotopic (exact) mass is 375 g/mol. The number of hydrogen-bond acceptors (Lipinski definition) is 4. The molecule has 1 aromatic heterocycles. The molecule has 0 saturated carbocycles. The Kier molecular flexibility index (Phi) is 4.41.